The van der Waals surface area contributed by atoms with Crippen molar-refractivity contribution in [3.63, 3.8) is 0 Å². The van der Waals surface area contributed by atoms with Gasteiger partial charge in [-0.3, -0.25) is 19.2 Å². The summed E-state index contributed by atoms with van der Waals surface area (Å²) in [6.45, 7) is 0. The van der Waals surface area contributed by atoms with Gasteiger partial charge in [-0.05, 0) is 47.2 Å². The molecule has 0 saturated heterocycles. The van der Waals surface area contributed by atoms with Crippen LogP contribution in [0.4, 0.5) is 0 Å². The first-order valence-corrected chi connectivity index (χ1v) is 8.27. The van der Waals surface area contributed by atoms with Crippen molar-refractivity contribution in [2.24, 2.45) is 11.8 Å². The highest BCUT2D eigenvalue weighted by atomic mass is 17.2. The molecule has 3 aliphatic rings. The van der Waals surface area contributed by atoms with Gasteiger partial charge in [-0.2, -0.15) is 0 Å². The topological polar surface area (TPSA) is 168 Å². The molecule has 0 spiro atoms. The van der Waals surface area contributed by atoms with Crippen molar-refractivity contribution in [3.05, 3.63) is 46.5 Å². The number of hydrogen-bond acceptors (Lipinski definition) is 6. The van der Waals surface area contributed by atoms with E-state index < -0.39 is 47.9 Å². The van der Waals surface area contributed by atoms with E-state index in [1.54, 1.807) is 12.2 Å². The van der Waals surface area contributed by atoms with Crippen LogP contribution >= 0.6 is 0 Å². The molecule has 148 valence electrons. The van der Waals surface area contributed by atoms with Gasteiger partial charge < -0.3 is 20.4 Å². The molecule has 2 bridgehead atoms. The quantitative estimate of drug-likeness (QED) is 0.284. The average molecular weight is 392 g/mol. The zero-order valence-electron chi connectivity index (χ0n) is 14.3. The molecule has 2 heterocycles. The lowest BCUT2D eigenvalue weighted by Crippen LogP contribution is -2.31. The smallest absolute Gasteiger partial charge is 0.318 e. The van der Waals surface area contributed by atoms with Gasteiger partial charge in [-0.1, -0.05) is 12.1 Å². The van der Waals surface area contributed by atoms with Gasteiger partial charge >= 0.3 is 23.9 Å². The highest BCUT2D eigenvalue weighted by molar-refractivity contribution is 5.94. The van der Waals surface area contributed by atoms with E-state index in [0.717, 1.165) is 0 Å². The maximum atomic E-state index is 11.3. The highest BCUT2D eigenvalue weighted by Crippen LogP contribution is 2.45. The third-order valence-electron chi connectivity index (χ3n) is 4.80. The first-order chi connectivity index (χ1) is 13.2. The van der Waals surface area contributed by atoms with Crippen molar-refractivity contribution >= 4 is 23.9 Å². The Hall–Kier alpha value is -3.24. The Morgan fingerprint density at radius 2 is 1.04 bits per heavy atom. The Balaban J connectivity index is 2.06. The predicted molar refractivity (Wildman–Crippen MR) is 88.2 cm³/mol. The maximum Gasteiger partial charge on any atom is 0.318 e. The molecule has 2 aliphatic heterocycles. The van der Waals surface area contributed by atoms with Crippen LogP contribution in [0.3, 0.4) is 0 Å². The normalized spacial score (nSPS) is 19.6. The molecular weight excluding hydrogens is 376 g/mol. The number of aliphatic carboxylic acids is 4. The minimum atomic E-state index is -1.67. The van der Waals surface area contributed by atoms with E-state index in [9.17, 15) is 19.2 Å². The molecule has 0 unspecified atom stereocenters. The number of rotatable bonds is 8. The number of hydrogen-bond donors (Lipinski definition) is 4. The van der Waals surface area contributed by atoms with Crippen LogP contribution in [-0.2, 0) is 41.8 Å². The molecule has 10 heteroatoms. The third kappa shape index (κ3) is 3.47. The Labute approximate surface area is 157 Å². The van der Waals surface area contributed by atoms with Crippen molar-refractivity contribution in [1.82, 2.24) is 0 Å². The molecule has 4 N–H and O–H groups in total. The maximum absolute atomic E-state index is 11.3. The Morgan fingerprint density at radius 1 is 0.714 bits per heavy atom. The minimum absolute atomic E-state index is 0.311. The van der Waals surface area contributed by atoms with E-state index in [-0.39, 0.29) is 12.8 Å². The van der Waals surface area contributed by atoms with Crippen LogP contribution in [0.2, 0.25) is 0 Å². The number of carbonyl (C=O) groups is 4. The summed E-state index contributed by atoms with van der Waals surface area (Å²) in [5.74, 6) is -9.31. The Kier molecular flexibility index (Phi) is 5.16. The zero-order chi connectivity index (χ0) is 20.6. The van der Waals surface area contributed by atoms with Crippen LogP contribution in [0, 0.1) is 11.8 Å². The number of carboxylic acid groups (broad SMARTS) is 4. The molecule has 28 heavy (non-hydrogen) atoms. The summed E-state index contributed by atoms with van der Waals surface area (Å²) in [5, 5.41) is 36.6. The van der Waals surface area contributed by atoms with Crippen molar-refractivity contribution in [2.75, 3.05) is 0 Å². The number of fused-ring (bicyclic) bond motifs is 1. The van der Waals surface area contributed by atoms with E-state index in [1.165, 1.54) is 12.1 Å². The minimum Gasteiger partial charge on any atom is -0.481 e. The first-order valence-electron chi connectivity index (χ1n) is 8.27. The molecule has 1 aromatic carbocycles. The molecule has 0 fully saturated rings. The predicted octanol–water partition coefficient (Wildman–Crippen LogP) is 0.956. The van der Waals surface area contributed by atoms with Gasteiger partial charge in [-0.15, -0.1) is 0 Å². The fraction of sp³-hybridized carbons (Fsp3) is 0.333. The summed E-state index contributed by atoms with van der Waals surface area (Å²) in [5.41, 5.74) is 1.77. The van der Waals surface area contributed by atoms with Crippen molar-refractivity contribution in [2.45, 2.75) is 25.0 Å². The molecule has 0 aromatic heterocycles. The molecule has 0 amide bonds. The van der Waals surface area contributed by atoms with Crippen molar-refractivity contribution in [1.29, 1.82) is 0 Å². The summed E-state index contributed by atoms with van der Waals surface area (Å²) in [6.07, 6.45) is 1.24. The average Bonchev–Trinajstić information content (AvgIpc) is 2.64. The van der Waals surface area contributed by atoms with Gasteiger partial charge in [0.05, 0.1) is 0 Å². The lowest BCUT2D eigenvalue weighted by molar-refractivity contribution is -0.355. The fourth-order valence-corrected chi connectivity index (χ4v) is 3.43. The summed E-state index contributed by atoms with van der Waals surface area (Å²) in [6, 6.07) is 2.96. The molecule has 4 rings (SSSR count). The van der Waals surface area contributed by atoms with Gasteiger partial charge in [0.25, 0.3) is 0 Å². The van der Waals surface area contributed by atoms with Gasteiger partial charge in [0.2, 0.25) is 0 Å². The molecule has 0 radical (unpaired) electrons. The van der Waals surface area contributed by atoms with Crippen LogP contribution < -0.4 is 0 Å². The van der Waals surface area contributed by atoms with E-state index >= 15 is 0 Å². The Morgan fingerprint density at radius 3 is 1.29 bits per heavy atom. The zero-order valence-corrected chi connectivity index (χ0v) is 14.3. The van der Waals surface area contributed by atoms with Crippen LogP contribution in [0.25, 0.3) is 0 Å². The van der Waals surface area contributed by atoms with Crippen molar-refractivity contribution < 1.29 is 49.4 Å². The lowest BCUT2D eigenvalue weighted by atomic mass is 9.80. The highest BCUT2D eigenvalue weighted by Gasteiger charge is 2.38. The van der Waals surface area contributed by atoms with Crippen molar-refractivity contribution in [3.8, 4) is 0 Å². The van der Waals surface area contributed by atoms with E-state index in [1.807, 2.05) is 0 Å². The van der Waals surface area contributed by atoms with Crippen LogP contribution in [0.1, 0.15) is 34.5 Å². The molecule has 2 atom stereocenters. The summed E-state index contributed by atoms with van der Waals surface area (Å²) >= 11 is 0. The third-order valence-corrected chi connectivity index (χ3v) is 4.80. The summed E-state index contributed by atoms with van der Waals surface area (Å²) < 4.78 is 0. The lowest BCUT2D eigenvalue weighted by Gasteiger charge is -2.36. The fourth-order valence-electron chi connectivity index (χ4n) is 3.43. The molecular formula is C18H16O10. The largest absolute Gasteiger partial charge is 0.481 e. The SMILES string of the molecule is O=C(O)C(Cc1ccc(CC(C(=O)O)C(=O)O)c2c1[C@@H]1C=C[C@H]2OO1)C(=O)O. The van der Waals surface area contributed by atoms with Gasteiger partial charge in [0.15, 0.2) is 11.8 Å². The summed E-state index contributed by atoms with van der Waals surface area (Å²) in [4.78, 5) is 55.4. The molecule has 1 aliphatic carbocycles. The molecule has 0 saturated carbocycles. The number of carboxylic acids is 4. The second-order valence-electron chi connectivity index (χ2n) is 6.50. The van der Waals surface area contributed by atoms with E-state index in [0.29, 0.717) is 22.3 Å². The van der Waals surface area contributed by atoms with Crippen LogP contribution in [0.5, 0.6) is 0 Å². The summed E-state index contributed by atoms with van der Waals surface area (Å²) in [7, 11) is 0. The number of benzene rings is 1. The van der Waals surface area contributed by atoms with Gasteiger partial charge in [-0.25, -0.2) is 9.78 Å². The van der Waals surface area contributed by atoms with Crippen LogP contribution in [-0.4, -0.2) is 44.3 Å². The van der Waals surface area contributed by atoms with Gasteiger partial charge in [0.1, 0.15) is 12.2 Å². The first kappa shape index (κ1) is 19.5. The molecule has 1 aromatic rings. The van der Waals surface area contributed by atoms with E-state index in [4.69, 9.17) is 30.2 Å². The van der Waals surface area contributed by atoms with Gasteiger partial charge in [0, 0.05) is 0 Å². The standard InChI is InChI=1S/C18H16O10/c19-15(20)9(16(21)22)5-7-1-2-8(6-10(17(23)24)18(25)26)14-12-4-3-11(13(7)14)27-28-12/h1-4,9-12H,5-6H2,(H,19,20)(H,21,22)(H,23,24)(H,25,26)/t11-,12+. The van der Waals surface area contributed by atoms with E-state index in [2.05, 4.69) is 0 Å². The second kappa shape index (κ2) is 7.41. The Bertz CT molecular complexity index is 788. The monoisotopic (exact) mass is 392 g/mol. The molecule has 10 nitrogen and oxygen atoms in total. The van der Waals surface area contributed by atoms with Crippen LogP contribution in [0.15, 0.2) is 24.3 Å². The second-order valence-corrected chi connectivity index (χ2v) is 6.50.